The Morgan fingerprint density at radius 3 is 2.89 bits per heavy atom. The van der Waals surface area contributed by atoms with E-state index in [2.05, 4.69) is 15.4 Å². The van der Waals surface area contributed by atoms with Crippen LogP contribution < -0.4 is 10.1 Å². The summed E-state index contributed by atoms with van der Waals surface area (Å²) in [6.45, 7) is 0.858. The van der Waals surface area contributed by atoms with E-state index in [4.69, 9.17) is 4.74 Å². The first-order valence-corrected chi connectivity index (χ1v) is 5.59. The molecule has 0 saturated carbocycles. The van der Waals surface area contributed by atoms with Gasteiger partial charge in [-0.1, -0.05) is 0 Å². The first-order valence-electron chi connectivity index (χ1n) is 5.59. The maximum absolute atomic E-state index is 13.4. The average Bonchev–Trinajstić information content (AvgIpc) is 2.72. The molecule has 96 valence electrons. The Bertz CT molecular complexity index is 527. The molecule has 1 aromatic heterocycles. The highest BCUT2D eigenvalue weighted by Crippen LogP contribution is 2.17. The van der Waals surface area contributed by atoms with Gasteiger partial charge in [0.1, 0.15) is 24.5 Å². The van der Waals surface area contributed by atoms with E-state index in [0.717, 1.165) is 5.56 Å². The molecule has 0 aliphatic carbocycles. The van der Waals surface area contributed by atoms with Crippen molar-refractivity contribution in [3.8, 4) is 5.75 Å². The molecule has 0 aliphatic rings. The summed E-state index contributed by atoms with van der Waals surface area (Å²) in [7, 11) is 3.59. The second-order valence-electron chi connectivity index (χ2n) is 3.91. The first kappa shape index (κ1) is 12.5. The Kier molecular flexibility index (Phi) is 3.88. The Morgan fingerprint density at radius 1 is 1.39 bits per heavy atom. The predicted molar refractivity (Wildman–Crippen MR) is 64.5 cm³/mol. The van der Waals surface area contributed by atoms with Crippen molar-refractivity contribution in [3.05, 3.63) is 41.7 Å². The van der Waals surface area contributed by atoms with Gasteiger partial charge in [0.05, 0.1) is 0 Å². The van der Waals surface area contributed by atoms with E-state index in [1.165, 1.54) is 18.5 Å². The number of nitrogens with one attached hydrogen (secondary N) is 1. The molecule has 0 aliphatic heterocycles. The molecule has 0 radical (unpaired) electrons. The van der Waals surface area contributed by atoms with Gasteiger partial charge in [-0.25, -0.2) is 9.37 Å². The number of aryl methyl sites for hydroxylation is 1. The summed E-state index contributed by atoms with van der Waals surface area (Å²) in [4.78, 5) is 4.03. The topological polar surface area (TPSA) is 52.0 Å². The predicted octanol–water partition coefficient (Wildman–Crippen LogP) is 1.25. The van der Waals surface area contributed by atoms with Crippen LogP contribution in [-0.2, 0) is 20.2 Å². The van der Waals surface area contributed by atoms with Crippen LogP contribution in [0.5, 0.6) is 5.75 Å². The molecule has 6 heteroatoms. The fourth-order valence-electron chi connectivity index (χ4n) is 1.61. The maximum Gasteiger partial charge on any atom is 0.164 e. The summed E-state index contributed by atoms with van der Waals surface area (Å²) in [6, 6.07) is 4.64. The Hall–Kier alpha value is -1.95. The summed E-state index contributed by atoms with van der Waals surface area (Å²) in [5.41, 5.74) is 0.838. The lowest BCUT2D eigenvalue weighted by Crippen LogP contribution is -2.07. The molecule has 0 fully saturated rings. The molecule has 0 amide bonds. The summed E-state index contributed by atoms with van der Waals surface area (Å²) < 4.78 is 20.5. The Labute approximate surface area is 105 Å². The fourth-order valence-corrected chi connectivity index (χ4v) is 1.61. The van der Waals surface area contributed by atoms with Crippen LogP contribution in [0.1, 0.15) is 11.4 Å². The standard InChI is InChI=1S/C12H15FN4O/c1-14-6-9-3-10(13)5-11(4-9)18-7-12-15-8-16-17(12)2/h3-5,8,14H,6-7H2,1-2H3. The number of benzene rings is 1. The molecular weight excluding hydrogens is 235 g/mol. The van der Waals surface area contributed by atoms with Crippen LogP contribution in [0.3, 0.4) is 0 Å². The lowest BCUT2D eigenvalue weighted by molar-refractivity contribution is 0.288. The number of nitrogens with zero attached hydrogens (tertiary/aromatic N) is 3. The van der Waals surface area contributed by atoms with E-state index in [0.29, 0.717) is 18.1 Å². The SMILES string of the molecule is CNCc1cc(F)cc(OCc2ncnn2C)c1. The number of hydrogen-bond acceptors (Lipinski definition) is 4. The molecule has 0 unspecified atom stereocenters. The third-order valence-corrected chi connectivity index (χ3v) is 2.49. The molecule has 0 saturated heterocycles. The van der Waals surface area contributed by atoms with Crippen LogP contribution in [0.15, 0.2) is 24.5 Å². The number of ether oxygens (including phenoxy) is 1. The summed E-state index contributed by atoms with van der Waals surface area (Å²) in [5.74, 6) is 0.869. The highest BCUT2D eigenvalue weighted by Gasteiger charge is 2.04. The van der Waals surface area contributed by atoms with Gasteiger partial charge in [0.25, 0.3) is 0 Å². The molecule has 2 aromatic rings. The van der Waals surface area contributed by atoms with Crippen molar-refractivity contribution in [3.63, 3.8) is 0 Å². The minimum Gasteiger partial charge on any atom is -0.486 e. The molecule has 0 bridgehead atoms. The minimum absolute atomic E-state index is 0.263. The first-order chi connectivity index (χ1) is 8.69. The van der Waals surface area contributed by atoms with Gasteiger partial charge >= 0.3 is 0 Å². The molecule has 0 atom stereocenters. The Balaban J connectivity index is 2.07. The zero-order valence-electron chi connectivity index (χ0n) is 10.4. The van der Waals surface area contributed by atoms with Crippen LogP contribution in [-0.4, -0.2) is 21.8 Å². The third kappa shape index (κ3) is 3.04. The molecule has 1 aromatic carbocycles. The number of halogens is 1. The van der Waals surface area contributed by atoms with E-state index >= 15 is 0 Å². The quantitative estimate of drug-likeness (QED) is 0.867. The van der Waals surface area contributed by atoms with Crippen molar-refractivity contribution in [1.82, 2.24) is 20.1 Å². The van der Waals surface area contributed by atoms with Crippen LogP contribution >= 0.6 is 0 Å². The number of hydrogen-bond donors (Lipinski definition) is 1. The largest absolute Gasteiger partial charge is 0.486 e. The summed E-state index contributed by atoms with van der Waals surface area (Å²) in [5, 5.41) is 6.90. The van der Waals surface area contributed by atoms with Crippen molar-refractivity contribution in [2.75, 3.05) is 7.05 Å². The summed E-state index contributed by atoms with van der Waals surface area (Å²) in [6.07, 6.45) is 1.46. The Morgan fingerprint density at radius 2 is 2.22 bits per heavy atom. The molecule has 2 rings (SSSR count). The van der Waals surface area contributed by atoms with Gasteiger partial charge in [-0.05, 0) is 24.7 Å². The van der Waals surface area contributed by atoms with Gasteiger partial charge in [-0.15, -0.1) is 0 Å². The van der Waals surface area contributed by atoms with E-state index in [1.807, 2.05) is 7.05 Å². The monoisotopic (exact) mass is 250 g/mol. The minimum atomic E-state index is -0.310. The second kappa shape index (κ2) is 5.59. The van der Waals surface area contributed by atoms with Crippen LogP contribution in [0.4, 0.5) is 4.39 Å². The summed E-state index contributed by atoms with van der Waals surface area (Å²) >= 11 is 0. The normalized spacial score (nSPS) is 10.6. The van der Waals surface area contributed by atoms with E-state index < -0.39 is 0 Å². The van der Waals surface area contributed by atoms with Gasteiger partial charge in [0, 0.05) is 19.7 Å². The number of rotatable bonds is 5. The molecule has 5 nitrogen and oxygen atoms in total. The van der Waals surface area contributed by atoms with Gasteiger partial charge in [0.2, 0.25) is 0 Å². The zero-order chi connectivity index (χ0) is 13.0. The average molecular weight is 250 g/mol. The van der Waals surface area contributed by atoms with Gasteiger partial charge in [-0.3, -0.25) is 4.68 Å². The molecule has 1 N–H and O–H groups in total. The van der Waals surface area contributed by atoms with E-state index in [9.17, 15) is 4.39 Å². The van der Waals surface area contributed by atoms with Crippen molar-refractivity contribution in [2.24, 2.45) is 7.05 Å². The molecule has 18 heavy (non-hydrogen) atoms. The van der Waals surface area contributed by atoms with Crippen molar-refractivity contribution in [1.29, 1.82) is 0 Å². The fraction of sp³-hybridized carbons (Fsp3) is 0.333. The van der Waals surface area contributed by atoms with Crippen molar-refractivity contribution >= 4 is 0 Å². The van der Waals surface area contributed by atoms with E-state index in [1.54, 1.807) is 17.8 Å². The zero-order valence-corrected chi connectivity index (χ0v) is 10.4. The van der Waals surface area contributed by atoms with Crippen LogP contribution in [0.25, 0.3) is 0 Å². The van der Waals surface area contributed by atoms with Crippen LogP contribution in [0, 0.1) is 5.82 Å². The van der Waals surface area contributed by atoms with Gasteiger partial charge in [0.15, 0.2) is 5.82 Å². The maximum atomic E-state index is 13.4. The highest BCUT2D eigenvalue weighted by molar-refractivity contribution is 5.29. The van der Waals surface area contributed by atoms with Crippen molar-refractivity contribution in [2.45, 2.75) is 13.2 Å². The van der Waals surface area contributed by atoms with Gasteiger partial charge in [-0.2, -0.15) is 5.10 Å². The van der Waals surface area contributed by atoms with Gasteiger partial charge < -0.3 is 10.1 Å². The lowest BCUT2D eigenvalue weighted by atomic mass is 10.2. The van der Waals surface area contributed by atoms with E-state index in [-0.39, 0.29) is 12.4 Å². The molecular formula is C12H15FN4O. The highest BCUT2D eigenvalue weighted by atomic mass is 19.1. The lowest BCUT2D eigenvalue weighted by Gasteiger charge is -2.08. The smallest absolute Gasteiger partial charge is 0.164 e. The van der Waals surface area contributed by atoms with Crippen LogP contribution in [0.2, 0.25) is 0 Å². The third-order valence-electron chi connectivity index (χ3n) is 2.49. The molecule has 0 spiro atoms. The number of aromatic nitrogens is 3. The molecule has 1 heterocycles. The van der Waals surface area contributed by atoms with Crippen molar-refractivity contribution < 1.29 is 9.13 Å². The second-order valence-corrected chi connectivity index (χ2v) is 3.91.